The van der Waals surface area contributed by atoms with Crippen molar-refractivity contribution in [3.05, 3.63) is 72.8 Å². The first kappa shape index (κ1) is 18.8. The highest BCUT2D eigenvalue weighted by atomic mass is 32.2. The van der Waals surface area contributed by atoms with Crippen LogP contribution in [0, 0.1) is 0 Å². The van der Waals surface area contributed by atoms with Crippen molar-refractivity contribution in [1.82, 2.24) is 0 Å². The highest BCUT2D eigenvalue weighted by molar-refractivity contribution is 7.99. The number of rotatable bonds is 2. The van der Waals surface area contributed by atoms with E-state index in [1.165, 1.54) is 21.2 Å². The first-order chi connectivity index (χ1) is 13.9. The lowest BCUT2D eigenvalue weighted by atomic mass is 9.79. The second kappa shape index (κ2) is 6.66. The minimum absolute atomic E-state index is 0.344. The molecule has 0 spiro atoms. The smallest absolute Gasteiger partial charge is 0.399 e. The molecular weight excluding hydrogens is 377 g/mol. The summed E-state index contributed by atoms with van der Waals surface area (Å²) >= 11 is 1.80. The topological polar surface area (TPSA) is 21.7 Å². The lowest BCUT2D eigenvalue weighted by Crippen LogP contribution is -2.41. The van der Waals surface area contributed by atoms with Crippen molar-refractivity contribution < 1.29 is 9.31 Å². The third-order valence-corrected chi connectivity index (χ3v) is 7.20. The van der Waals surface area contributed by atoms with Crippen molar-refractivity contribution in [2.45, 2.75) is 48.7 Å². The maximum absolute atomic E-state index is 6.28. The van der Waals surface area contributed by atoms with Gasteiger partial charge in [0.05, 0.1) is 22.6 Å². The molecule has 5 heteroatoms. The first-order valence-electron chi connectivity index (χ1n) is 9.97. The first-order valence-corrected chi connectivity index (χ1v) is 10.8. The number of hydrogen-bond donors (Lipinski definition) is 0. The second-order valence-electron chi connectivity index (χ2n) is 8.56. The Hall–Kier alpha value is -2.21. The van der Waals surface area contributed by atoms with E-state index in [0.717, 1.165) is 11.2 Å². The molecule has 5 rings (SSSR count). The number of para-hydroxylation sites is 2. The van der Waals surface area contributed by atoms with Crippen LogP contribution in [-0.2, 0) is 9.31 Å². The number of fused-ring (bicyclic) bond motifs is 2. The number of benzene rings is 3. The Morgan fingerprint density at radius 2 is 1.34 bits per heavy atom. The summed E-state index contributed by atoms with van der Waals surface area (Å²) in [6.45, 7) is 8.36. The van der Waals surface area contributed by atoms with Crippen LogP contribution in [-0.4, -0.2) is 18.3 Å². The molecule has 0 atom stereocenters. The molecule has 0 saturated carbocycles. The van der Waals surface area contributed by atoms with Gasteiger partial charge in [-0.05, 0) is 69.6 Å². The molecule has 29 heavy (non-hydrogen) atoms. The predicted molar refractivity (Wildman–Crippen MR) is 121 cm³/mol. The Labute approximate surface area is 177 Å². The van der Waals surface area contributed by atoms with Gasteiger partial charge in [0, 0.05) is 15.5 Å². The molecule has 3 aromatic rings. The van der Waals surface area contributed by atoms with Crippen LogP contribution in [0.25, 0.3) is 0 Å². The summed E-state index contributed by atoms with van der Waals surface area (Å²) in [5.74, 6) is 0. The summed E-state index contributed by atoms with van der Waals surface area (Å²) in [6, 6.07) is 25.6. The van der Waals surface area contributed by atoms with Crippen molar-refractivity contribution in [2.24, 2.45) is 0 Å². The molecule has 1 saturated heterocycles. The predicted octanol–water partition coefficient (Wildman–Crippen LogP) is 5.92. The normalized spacial score (nSPS) is 19.0. The van der Waals surface area contributed by atoms with Crippen LogP contribution in [0.5, 0.6) is 0 Å². The Morgan fingerprint density at radius 1 is 0.724 bits per heavy atom. The molecule has 2 aliphatic rings. The van der Waals surface area contributed by atoms with Crippen LogP contribution in [0.1, 0.15) is 27.7 Å². The average Bonchev–Trinajstić information content (AvgIpc) is 2.93. The fraction of sp³-hybridized carbons (Fsp3) is 0.250. The molecule has 0 unspecified atom stereocenters. The molecule has 0 aromatic heterocycles. The summed E-state index contributed by atoms with van der Waals surface area (Å²) < 4.78 is 12.6. The maximum atomic E-state index is 6.28. The van der Waals surface area contributed by atoms with Crippen LogP contribution in [0.3, 0.4) is 0 Å². The number of anilines is 3. The quantitative estimate of drug-likeness (QED) is 0.389. The Morgan fingerprint density at radius 3 is 2.07 bits per heavy atom. The maximum Gasteiger partial charge on any atom is 0.494 e. The van der Waals surface area contributed by atoms with E-state index in [0.29, 0.717) is 0 Å². The molecule has 0 radical (unpaired) electrons. The summed E-state index contributed by atoms with van der Waals surface area (Å²) in [5, 5.41) is 0. The Kier molecular flexibility index (Phi) is 4.32. The van der Waals surface area contributed by atoms with E-state index in [2.05, 4.69) is 105 Å². The zero-order valence-corrected chi connectivity index (χ0v) is 18.0. The third-order valence-electron chi connectivity index (χ3n) is 6.09. The summed E-state index contributed by atoms with van der Waals surface area (Å²) in [6.07, 6.45) is 0. The van der Waals surface area contributed by atoms with Crippen LogP contribution < -0.4 is 10.4 Å². The van der Waals surface area contributed by atoms with Crippen LogP contribution >= 0.6 is 11.8 Å². The molecule has 3 nitrogen and oxygen atoms in total. The largest absolute Gasteiger partial charge is 0.494 e. The molecule has 0 bridgehead atoms. The van der Waals surface area contributed by atoms with Gasteiger partial charge in [-0.3, -0.25) is 0 Å². The van der Waals surface area contributed by atoms with Crippen LogP contribution in [0.4, 0.5) is 17.1 Å². The van der Waals surface area contributed by atoms with E-state index in [4.69, 9.17) is 9.31 Å². The van der Waals surface area contributed by atoms with E-state index < -0.39 is 0 Å². The van der Waals surface area contributed by atoms with E-state index in [-0.39, 0.29) is 18.3 Å². The fourth-order valence-electron chi connectivity index (χ4n) is 3.75. The van der Waals surface area contributed by atoms with Crippen LogP contribution in [0.2, 0.25) is 0 Å². The summed E-state index contributed by atoms with van der Waals surface area (Å²) in [4.78, 5) is 4.78. The average molecular weight is 401 g/mol. The highest BCUT2D eigenvalue weighted by Gasteiger charge is 2.51. The minimum Gasteiger partial charge on any atom is -0.399 e. The van der Waals surface area contributed by atoms with Crippen molar-refractivity contribution >= 4 is 41.4 Å². The van der Waals surface area contributed by atoms with Gasteiger partial charge in [0.1, 0.15) is 0 Å². The standard InChI is InChI=1S/C24H24BNO2S/c1-23(2)24(3,4)28-25(27-23)17-14-15-20-22(16-17)29-21-13-9-8-12-19(21)26(20)18-10-6-5-7-11-18/h5-16H,1-4H3. The summed E-state index contributed by atoms with van der Waals surface area (Å²) in [5.41, 5.74) is 3.92. The van der Waals surface area contributed by atoms with Crippen LogP contribution in [0.15, 0.2) is 82.6 Å². The molecular formula is C24H24BNO2S. The van der Waals surface area contributed by atoms with Gasteiger partial charge in [-0.1, -0.05) is 48.2 Å². The molecule has 0 N–H and O–H groups in total. The molecule has 2 heterocycles. The Balaban J connectivity index is 1.58. The van der Waals surface area contributed by atoms with Gasteiger partial charge in [-0.25, -0.2) is 0 Å². The molecule has 3 aromatic carbocycles. The fourth-order valence-corrected chi connectivity index (χ4v) is 4.86. The zero-order chi connectivity index (χ0) is 20.2. The zero-order valence-electron chi connectivity index (χ0n) is 17.2. The van der Waals surface area contributed by atoms with Crippen molar-refractivity contribution in [2.75, 3.05) is 4.90 Å². The SMILES string of the molecule is CC1(C)OB(c2ccc3c(c2)Sc2ccccc2N3c2ccccc2)OC1(C)C. The minimum atomic E-state index is -0.353. The molecule has 2 aliphatic heterocycles. The number of hydrogen-bond acceptors (Lipinski definition) is 4. The van der Waals surface area contributed by atoms with Gasteiger partial charge in [-0.2, -0.15) is 0 Å². The van der Waals surface area contributed by atoms with Gasteiger partial charge >= 0.3 is 7.12 Å². The second-order valence-corrected chi connectivity index (χ2v) is 9.64. The van der Waals surface area contributed by atoms with E-state index >= 15 is 0 Å². The molecule has 146 valence electrons. The Bertz CT molecular complexity index is 1050. The van der Waals surface area contributed by atoms with Gasteiger partial charge in [-0.15, -0.1) is 0 Å². The van der Waals surface area contributed by atoms with Crippen molar-refractivity contribution in [3.63, 3.8) is 0 Å². The van der Waals surface area contributed by atoms with E-state index in [9.17, 15) is 0 Å². The van der Waals surface area contributed by atoms with Gasteiger partial charge < -0.3 is 14.2 Å². The molecule has 1 fully saturated rings. The van der Waals surface area contributed by atoms with Crippen molar-refractivity contribution in [3.8, 4) is 0 Å². The third kappa shape index (κ3) is 3.09. The van der Waals surface area contributed by atoms with E-state index in [1.54, 1.807) is 11.8 Å². The lowest BCUT2D eigenvalue weighted by Gasteiger charge is -2.33. The van der Waals surface area contributed by atoms with Gasteiger partial charge in [0.25, 0.3) is 0 Å². The highest BCUT2D eigenvalue weighted by Crippen LogP contribution is 2.51. The number of nitrogens with zero attached hydrogens (tertiary/aromatic N) is 1. The molecule has 0 amide bonds. The lowest BCUT2D eigenvalue weighted by molar-refractivity contribution is 0.00578. The molecule has 0 aliphatic carbocycles. The monoisotopic (exact) mass is 401 g/mol. The van der Waals surface area contributed by atoms with Gasteiger partial charge in [0.15, 0.2) is 0 Å². The van der Waals surface area contributed by atoms with Gasteiger partial charge in [0.2, 0.25) is 0 Å². The van der Waals surface area contributed by atoms with E-state index in [1.807, 2.05) is 0 Å². The summed E-state index contributed by atoms with van der Waals surface area (Å²) in [7, 11) is -0.353. The van der Waals surface area contributed by atoms with Crippen molar-refractivity contribution in [1.29, 1.82) is 0 Å².